The van der Waals surface area contributed by atoms with Crippen LogP contribution in [0.25, 0.3) is 0 Å². The molecule has 0 aromatic heterocycles. The summed E-state index contributed by atoms with van der Waals surface area (Å²) in [7, 11) is 0. The van der Waals surface area contributed by atoms with Gasteiger partial charge in [-0.2, -0.15) is 0 Å². The third kappa shape index (κ3) is 5.32. The molecule has 0 aromatic carbocycles. The third-order valence-corrected chi connectivity index (χ3v) is 5.32. The Morgan fingerprint density at radius 2 is 0.955 bits per heavy atom. The van der Waals surface area contributed by atoms with Gasteiger partial charge >= 0.3 is 11.9 Å². The van der Waals surface area contributed by atoms with Gasteiger partial charge in [-0.1, -0.05) is 12.2 Å². The Morgan fingerprint density at radius 3 is 1.23 bits per heavy atom. The Morgan fingerprint density at radius 1 is 0.636 bits per heavy atom. The molecular weight excluding hydrogens is 280 g/mol. The molecule has 2 aliphatic carbocycles. The maximum atomic E-state index is 10.6. The van der Waals surface area contributed by atoms with Gasteiger partial charge < -0.3 is 10.2 Å². The van der Waals surface area contributed by atoms with Crippen LogP contribution in [0.15, 0.2) is 24.3 Å². The zero-order valence-electron chi connectivity index (χ0n) is 13.0. The van der Waals surface area contributed by atoms with E-state index >= 15 is 0 Å². The summed E-state index contributed by atoms with van der Waals surface area (Å²) in [5.74, 6) is 0.715. The van der Waals surface area contributed by atoms with Crippen molar-refractivity contribution in [2.45, 2.75) is 51.4 Å². The van der Waals surface area contributed by atoms with Gasteiger partial charge in [0.2, 0.25) is 0 Å². The van der Waals surface area contributed by atoms with E-state index in [1.165, 1.54) is 37.8 Å². The lowest BCUT2D eigenvalue weighted by molar-refractivity contribution is -0.132. The smallest absolute Gasteiger partial charge is 0.327 e. The summed E-state index contributed by atoms with van der Waals surface area (Å²) in [5.41, 5.74) is 0. The number of carboxylic acids is 2. The van der Waals surface area contributed by atoms with Crippen molar-refractivity contribution in [3.63, 3.8) is 0 Å². The van der Waals surface area contributed by atoms with Crippen molar-refractivity contribution in [1.29, 1.82) is 0 Å². The van der Waals surface area contributed by atoms with E-state index in [9.17, 15) is 9.59 Å². The van der Waals surface area contributed by atoms with Crippen LogP contribution < -0.4 is 0 Å². The molecule has 0 amide bonds. The molecule has 0 aliphatic heterocycles. The second kappa shape index (κ2) is 8.16. The largest absolute Gasteiger partial charge is 0.478 e. The molecular formula is C18H26O4. The van der Waals surface area contributed by atoms with Crippen LogP contribution in [0.1, 0.15) is 51.4 Å². The highest BCUT2D eigenvalue weighted by Gasteiger charge is 2.29. The number of hydrogen-bond donors (Lipinski definition) is 2. The number of allylic oxidation sites excluding steroid dienone is 2. The van der Waals surface area contributed by atoms with Crippen LogP contribution in [0.5, 0.6) is 0 Å². The SMILES string of the molecule is O=C(O)C=CC1CCC(C2CCC(C=CC(=O)O)CC2)CC1. The molecule has 4 nitrogen and oxygen atoms in total. The van der Waals surface area contributed by atoms with Crippen molar-refractivity contribution in [2.24, 2.45) is 23.7 Å². The van der Waals surface area contributed by atoms with Crippen LogP contribution in [-0.4, -0.2) is 22.2 Å². The van der Waals surface area contributed by atoms with E-state index in [0.717, 1.165) is 37.5 Å². The number of aliphatic carboxylic acids is 2. The van der Waals surface area contributed by atoms with Crippen molar-refractivity contribution < 1.29 is 19.8 Å². The fourth-order valence-electron chi connectivity index (χ4n) is 4.05. The standard InChI is InChI=1S/C18H26O4/c19-17(20)11-5-13-1-7-15(8-2-13)16-9-3-14(4-10-16)6-12-18(21)22/h5-6,11-16H,1-4,7-10H2,(H,19,20)(H,21,22). The van der Waals surface area contributed by atoms with Crippen LogP contribution >= 0.6 is 0 Å². The summed E-state index contributed by atoms with van der Waals surface area (Å²) in [6.07, 6.45) is 15.5. The number of rotatable bonds is 5. The van der Waals surface area contributed by atoms with Crippen LogP contribution in [0.2, 0.25) is 0 Å². The van der Waals surface area contributed by atoms with Gasteiger partial charge in [0.1, 0.15) is 0 Å². The molecule has 4 heteroatoms. The minimum Gasteiger partial charge on any atom is -0.478 e. The average molecular weight is 306 g/mol. The maximum absolute atomic E-state index is 10.6. The average Bonchev–Trinajstić information content (AvgIpc) is 2.52. The quantitative estimate of drug-likeness (QED) is 0.756. The molecule has 0 saturated heterocycles. The first-order valence-electron chi connectivity index (χ1n) is 8.37. The first-order chi connectivity index (χ1) is 10.5. The van der Waals surface area contributed by atoms with Gasteiger partial charge in [-0.3, -0.25) is 0 Å². The summed E-state index contributed by atoms with van der Waals surface area (Å²) in [6, 6.07) is 0. The van der Waals surface area contributed by atoms with E-state index in [2.05, 4.69) is 0 Å². The predicted molar refractivity (Wildman–Crippen MR) is 84.4 cm³/mol. The van der Waals surface area contributed by atoms with Crippen molar-refractivity contribution in [1.82, 2.24) is 0 Å². The Kier molecular flexibility index (Phi) is 6.22. The van der Waals surface area contributed by atoms with Gasteiger partial charge in [-0.05, 0) is 75.0 Å². The third-order valence-electron chi connectivity index (χ3n) is 5.32. The lowest BCUT2D eigenvalue weighted by atomic mass is 9.69. The molecule has 2 rings (SSSR count). The van der Waals surface area contributed by atoms with Gasteiger partial charge in [0.15, 0.2) is 0 Å². The Balaban J connectivity index is 1.72. The zero-order valence-corrected chi connectivity index (χ0v) is 13.0. The molecule has 122 valence electrons. The summed E-state index contributed by atoms with van der Waals surface area (Å²) in [5, 5.41) is 17.3. The van der Waals surface area contributed by atoms with Gasteiger partial charge in [-0.25, -0.2) is 9.59 Å². The molecule has 0 bridgehead atoms. The first-order valence-corrected chi connectivity index (χ1v) is 8.37. The Bertz CT molecular complexity index is 394. The van der Waals surface area contributed by atoms with Crippen molar-refractivity contribution in [3.8, 4) is 0 Å². The summed E-state index contributed by atoms with van der Waals surface area (Å²) in [6.45, 7) is 0. The Labute approximate surface area is 131 Å². The van der Waals surface area contributed by atoms with Crippen molar-refractivity contribution in [3.05, 3.63) is 24.3 Å². The topological polar surface area (TPSA) is 74.6 Å². The van der Waals surface area contributed by atoms with E-state index in [1.807, 2.05) is 12.2 Å². The monoisotopic (exact) mass is 306 g/mol. The van der Waals surface area contributed by atoms with E-state index in [1.54, 1.807) is 0 Å². The Hall–Kier alpha value is -1.58. The molecule has 22 heavy (non-hydrogen) atoms. The first kappa shape index (κ1) is 16.8. The molecule has 2 fully saturated rings. The highest BCUT2D eigenvalue weighted by atomic mass is 16.4. The fourth-order valence-corrected chi connectivity index (χ4v) is 4.05. The van der Waals surface area contributed by atoms with Crippen LogP contribution in [0.4, 0.5) is 0 Å². The minimum absolute atomic E-state index is 0.433. The predicted octanol–water partition coefficient (Wildman–Crippen LogP) is 3.88. The molecule has 2 N–H and O–H groups in total. The second-order valence-electron chi connectivity index (χ2n) is 6.74. The highest BCUT2D eigenvalue weighted by molar-refractivity contribution is 5.80. The zero-order chi connectivity index (χ0) is 15.9. The van der Waals surface area contributed by atoms with E-state index in [-0.39, 0.29) is 0 Å². The maximum Gasteiger partial charge on any atom is 0.327 e. The van der Waals surface area contributed by atoms with Gasteiger partial charge in [0.05, 0.1) is 0 Å². The van der Waals surface area contributed by atoms with Crippen LogP contribution in [0, 0.1) is 23.7 Å². The van der Waals surface area contributed by atoms with E-state index in [4.69, 9.17) is 10.2 Å². The molecule has 0 unspecified atom stereocenters. The molecule has 2 aliphatic rings. The molecule has 2 saturated carbocycles. The molecule has 0 spiro atoms. The number of carboxylic acid groups (broad SMARTS) is 2. The molecule has 0 atom stereocenters. The molecule has 0 aromatic rings. The lowest BCUT2D eigenvalue weighted by Gasteiger charge is -2.36. The minimum atomic E-state index is -0.852. The summed E-state index contributed by atoms with van der Waals surface area (Å²) in [4.78, 5) is 21.1. The lowest BCUT2D eigenvalue weighted by Crippen LogP contribution is -2.25. The number of hydrogen-bond acceptors (Lipinski definition) is 2. The summed E-state index contributed by atoms with van der Waals surface area (Å²) < 4.78 is 0. The highest BCUT2D eigenvalue weighted by Crippen LogP contribution is 2.41. The van der Waals surface area contributed by atoms with E-state index in [0.29, 0.717) is 11.8 Å². The van der Waals surface area contributed by atoms with Crippen molar-refractivity contribution in [2.75, 3.05) is 0 Å². The van der Waals surface area contributed by atoms with Crippen LogP contribution in [-0.2, 0) is 9.59 Å². The van der Waals surface area contributed by atoms with Gasteiger partial charge in [0.25, 0.3) is 0 Å². The molecule has 0 radical (unpaired) electrons. The van der Waals surface area contributed by atoms with Crippen LogP contribution in [0.3, 0.4) is 0 Å². The van der Waals surface area contributed by atoms with E-state index < -0.39 is 11.9 Å². The normalized spacial score (nSPS) is 33.3. The van der Waals surface area contributed by atoms with Gasteiger partial charge in [-0.15, -0.1) is 0 Å². The molecule has 0 heterocycles. The van der Waals surface area contributed by atoms with Gasteiger partial charge in [0, 0.05) is 12.2 Å². The second-order valence-corrected chi connectivity index (χ2v) is 6.74. The summed E-state index contributed by atoms with van der Waals surface area (Å²) >= 11 is 0. The number of carbonyl (C=O) groups is 2. The fraction of sp³-hybridized carbons (Fsp3) is 0.667. The van der Waals surface area contributed by atoms with Crippen molar-refractivity contribution >= 4 is 11.9 Å².